The summed E-state index contributed by atoms with van der Waals surface area (Å²) in [6, 6.07) is 11.6. The lowest BCUT2D eigenvalue weighted by molar-refractivity contribution is -0.139. The Morgan fingerprint density at radius 1 is 0.968 bits per heavy atom. The second-order valence-electron chi connectivity index (χ2n) is 15.9. The maximum absolute atomic E-state index is 15.1. The van der Waals surface area contributed by atoms with Crippen LogP contribution in [0.1, 0.15) is 60.0 Å². The predicted octanol–water partition coefficient (Wildman–Crippen LogP) is 5.03. The fraction of sp³-hybridized carbons (Fsp3) is 0.409. The van der Waals surface area contributed by atoms with Crippen LogP contribution in [0.15, 0.2) is 59.8 Å². The van der Waals surface area contributed by atoms with Crippen LogP contribution in [-0.2, 0) is 36.9 Å². The molecule has 63 heavy (non-hydrogen) atoms. The van der Waals surface area contributed by atoms with Gasteiger partial charge in [0.15, 0.2) is 11.6 Å². The molecule has 0 bridgehead atoms. The second-order valence-corrected chi connectivity index (χ2v) is 17.0. The highest BCUT2D eigenvalue weighted by molar-refractivity contribution is 7.99. The number of halogens is 2. The van der Waals surface area contributed by atoms with Gasteiger partial charge >= 0.3 is 0 Å². The highest BCUT2D eigenvalue weighted by atomic mass is 32.2. The molecule has 16 nitrogen and oxygen atoms in total. The fourth-order valence-corrected chi connectivity index (χ4v) is 9.13. The van der Waals surface area contributed by atoms with Crippen molar-refractivity contribution in [3.63, 3.8) is 0 Å². The van der Waals surface area contributed by atoms with Crippen LogP contribution < -0.4 is 10.6 Å². The van der Waals surface area contributed by atoms with Gasteiger partial charge in [-0.2, -0.15) is 0 Å². The van der Waals surface area contributed by atoms with Gasteiger partial charge in [0.25, 0.3) is 5.91 Å². The first-order valence-corrected chi connectivity index (χ1v) is 21.9. The Bertz CT molecular complexity index is 2530. The van der Waals surface area contributed by atoms with Gasteiger partial charge in [-0.15, -0.1) is 11.8 Å². The molecule has 2 aromatic carbocycles. The number of hydrogen-bond donors (Lipinski definition) is 2. The van der Waals surface area contributed by atoms with E-state index in [-0.39, 0.29) is 66.1 Å². The molecule has 3 aliphatic heterocycles. The van der Waals surface area contributed by atoms with Crippen LogP contribution in [0.4, 0.5) is 20.5 Å². The molecule has 1 atom stereocenters. The number of imidazole rings is 1. The lowest BCUT2D eigenvalue weighted by Gasteiger charge is -2.34. The molecule has 3 aliphatic rings. The first kappa shape index (κ1) is 43.7. The molecule has 19 heteroatoms. The van der Waals surface area contributed by atoms with E-state index in [9.17, 15) is 19.2 Å². The number of amides is 4. The van der Waals surface area contributed by atoms with E-state index >= 15 is 8.78 Å². The lowest BCUT2D eigenvalue weighted by Crippen LogP contribution is -2.52. The summed E-state index contributed by atoms with van der Waals surface area (Å²) >= 11 is 1.57. The summed E-state index contributed by atoms with van der Waals surface area (Å²) < 4.78 is 43.4. The topological polar surface area (TPSA) is 177 Å². The quantitative estimate of drug-likeness (QED) is 0.0768. The minimum absolute atomic E-state index is 0.0262. The molecule has 1 unspecified atom stereocenters. The predicted molar refractivity (Wildman–Crippen MR) is 230 cm³/mol. The lowest BCUT2D eigenvalue weighted by atomic mass is 10.0. The van der Waals surface area contributed by atoms with Crippen molar-refractivity contribution in [2.75, 3.05) is 63.7 Å². The van der Waals surface area contributed by atoms with Gasteiger partial charge < -0.3 is 29.2 Å². The normalized spacial score (nSPS) is 16.9. The van der Waals surface area contributed by atoms with E-state index in [1.807, 2.05) is 43.5 Å². The molecule has 0 aliphatic carbocycles. The zero-order chi connectivity index (χ0) is 44.2. The molecular weight excluding hydrogens is 835 g/mol. The van der Waals surface area contributed by atoms with Gasteiger partial charge in [-0.05, 0) is 68.7 Å². The molecule has 4 amide bonds. The highest BCUT2D eigenvalue weighted by Gasteiger charge is 2.40. The Hall–Kier alpha value is -5.89. The number of carbonyl (C=O) groups excluding carboxylic acids is 4. The molecule has 0 radical (unpaired) electrons. The summed E-state index contributed by atoms with van der Waals surface area (Å²) in [6.45, 7) is 10.3. The zero-order valence-corrected chi connectivity index (χ0v) is 36.1. The number of anilines is 2. The van der Waals surface area contributed by atoms with Crippen molar-refractivity contribution >= 4 is 58.2 Å². The van der Waals surface area contributed by atoms with Crippen LogP contribution in [0, 0.1) is 18.6 Å². The number of benzene rings is 2. The standard InChI is InChI=1S/C44H48F2N10O6S/c1-26(2)56-27(3)49-41-32(45)19-29(20-35(41)56)40-33(46)22-48-44(52-40)50-37-9-7-28(21-47-37)23-53-11-13-54(14-12-53)39(58)25-62-16-15-61-17-18-63-36-6-4-5-30-31(36)24-55(43(30)60)34-8-10-38(57)51-42(34)59/h4-7,9,19-22,26,34H,8,10-18,23-25H2,1-3H3,(H,51,57,59)(H,47,48,50,52). The van der Waals surface area contributed by atoms with Gasteiger partial charge in [0.1, 0.15) is 35.5 Å². The van der Waals surface area contributed by atoms with Gasteiger partial charge in [0.05, 0.1) is 31.5 Å². The monoisotopic (exact) mass is 882 g/mol. The summed E-state index contributed by atoms with van der Waals surface area (Å²) in [6.07, 6.45) is 3.32. The summed E-state index contributed by atoms with van der Waals surface area (Å²) in [4.78, 5) is 73.8. The Balaban J connectivity index is 0.726. The third kappa shape index (κ3) is 9.86. The number of rotatable bonds is 16. The molecule has 330 valence electrons. The molecule has 6 heterocycles. The molecule has 0 spiro atoms. The van der Waals surface area contributed by atoms with Crippen molar-refractivity contribution in [2.45, 2.75) is 63.7 Å². The van der Waals surface area contributed by atoms with E-state index < -0.39 is 23.6 Å². The Kier molecular flexibility index (Phi) is 13.4. The van der Waals surface area contributed by atoms with Gasteiger partial charge in [0.2, 0.25) is 23.7 Å². The van der Waals surface area contributed by atoms with Crippen LogP contribution in [0.3, 0.4) is 0 Å². The summed E-state index contributed by atoms with van der Waals surface area (Å²) in [5, 5.41) is 5.35. The number of carbonyl (C=O) groups is 4. The maximum Gasteiger partial charge on any atom is 0.255 e. The first-order valence-electron chi connectivity index (χ1n) is 20.9. The number of thioether (sulfide) groups is 1. The SMILES string of the molecule is Cc1nc2c(F)cc(-c3nc(Nc4ccc(CN5CCN(C(=O)COCCOCCSc6cccc7c6CN(C6CCC(=O)NC6=O)C7=O)CC5)cn4)ncc3F)cc2n1C(C)C. The second kappa shape index (κ2) is 19.2. The largest absolute Gasteiger partial charge is 0.378 e. The number of pyridine rings is 1. The van der Waals surface area contributed by atoms with Crippen molar-refractivity contribution in [1.29, 1.82) is 0 Å². The number of aryl methyl sites for hydroxylation is 1. The zero-order valence-electron chi connectivity index (χ0n) is 35.2. The highest BCUT2D eigenvalue weighted by Crippen LogP contribution is 2.35. The van der Waals surface area contributed by atoms with E-state index in [2.05, 4.69) is 35.5 Å². The van der Waals surface area contributed by atoms with Crippen LogP contribution in [0.25, 0.3) is 22.3 Å². The van der Waals surface area contributed by atoms with Crippen molar-refractivity contribution < 1.29 is 37.4 Å². The summed E-state index contributed by atoms with van der Waals surface area (Å²) in [7, 11) is 0. The molecule has 0 saturated carbocycles. The number of piperazine rings is 1. The molecular formula is C44H48F2N10O6S. The smallest absolute Gasteiger partial charge is 0.255 e. The Morgan fingerprint density at radius 2 is 1.78 bits per heavy atom. The molecule has 5 aromatic rings. The van der Waals surface area contributed by atoms with Crippen LogP contribution in [0.5, 0.6) is 0 Å². The van der Waals surface area contributed by atoms with Crippen molar-refractivity contribution in [2.24, 2.45) is 0 Å². The van der Waals surface area contributed by atoms with E-state index in [1.165, 1.54) is 6.07 Å². The van der Waals surface area contributed by atoms with Gasteiger partial charge in [-0.1, -0.05) is 12.1 Å². The van der Waals surface area contributed by atoms with E-state index in [4.69, 9.17) is 9.47 Å². The van der Waals surface area contributed by atoms with Gasteiger partial charge in [0, 0.05) is 79.7 Å². The van der Waals surface area contributed by atoms with Gasteiger partial charge in [-0.25, -0.2) is 28.7 Å². The van der Waals surface area contributed by atoms with Crippen molar-refractivity contribution in [3.8, 4) is 11.3 Å². The average molecular weight is 883 g/mol. The third-order valence-corrected chi connectivity index (χ3v) is 12.3. The number of nitrogens with zero attached hydrogens (tertiary/aromatic N) is 8. The van der Waals surface area contributed by atoms with Crippen molar-refractivity contribution in [3.05, 3.63) is 89.0 Å². The van der Waals surface area contributed by atoms with Crippen molar-refractivity contribution in [1.82, 2.24) is 44.5 Å². The third-order valence-electron chi connectivity index (χ3n) is 11.3. The molecule has 2 fully saturated rings. The van der Waals surface area contributed by atoms with Crippen LogP contribution >= 0.6 is 11.8 Å². The number of fused-ring (bicyclic) bond motifs is 2. The minimum atomic E-state index is -0.685. The number of nitrogens with one attached hydrogen (secondary N) is 2. The summed E-state index contributed by atoms with van der Waals surface area (Å²) in [5.74, 6) is -0.379. The van der Waals surface area contributed by atoms with Crippen LogP contribution in [0.2, 0.25) is 0 Å². The van der Waals surface area contributed by atoms with E-state index in [0.29, 0.717) is 87.4 Å². The number of imide groups is 1. The molecule has 3 aromatic heterocycles. The summed E-state index contributed by atoms with van der Waals surface area (Å²) in [5.41, 5.74) is 3.45. The maximum atomic E-state index is 15.1. The van der Waals surface area contributed by atoms with E-state index in [1.54, 1.807) is 46.0 Å². The van der Waals surface area contributed by atoms with Crippen LogP contribution in [-0.4, -0.2) is 127 Å². The number of aromatic nitrogens is 5. The average Bonchev–Trinajstić information content (AvgIpc) is 3.79. The number of ether oxygens (including phenoxy) is 2. The molecule has 2 saturated heterocycles. The number of piperidine rings is 1. The Morgan fingerprint density at radius 3 is 2.54 bits per heavy atom. The first-order chi connectivity index (χ1) is 30.4. The molecule has 8 rings (SSSR count). The van der Waals surface area contributed by atoms with E-state index in [0.717, 1.165) is 22.2 Å². The minimum Gasteiger partial charge on any atom is -0.378 e. The van der Waals surface area contributed by atoms with Gasteiger partial charge in [-0.3, -0.25) is 29.4 Å². The molecule has 2 N–H and O–H groups in total. The number of hydrogen-bond acceptors (Lipinski definition) is 13. The Labute approximate surface area is 366 Å². The fourth-order valence-electron chi connectivity index (χ4n) is 8.18.